The number of hydrogen-bond donors (Lipinski definition) is 0. The number of nitrogens with zero attached hydrogens (tertiary/aromatic N) is 4. The summed E-state index contributed by atoms with van der Waals surface area (Å²) in [4.78, 5) is 6.56. The Morgan fingerprint density at radius 3 is 3.00 bits per heavy atom. The summed E-state index contributed by atoms with van der Waals surface area (Å²) in [7, 11) is 1.96. The number of aromatic nitrogens is 3. The first kappa shape index (κ1) is 15.7. The van der Waals surface area contributed by atoms with Crippen LogP contribution in [0.2, 0.25) is 0 Å². The van der Waals surface area contributed by atoms with E-state index in [4.69, 9.17) is 9.47 Å². The smallest absolute Gasteiger partial charge is 0.0718 e. The minimum atomic E-state index is 0.134. The van der Waals surface area contributed by atoms with Crippen LogP contribution < -0.4 is 0 Å². The van der Waals surface area contributed by atoms with Gasteiger partial charge in [0.25, 0.3) is 0 Å². The average molecular weight is 328 g/mol. The van der Waals surface area contributed by atoms with Crippen LogP contribution in [0.1, 0.15) is 11.1 Å². The van der Waals surface area contributed by atoms with Gasteiger partial charge in [0, 0.05) is 62.2 Å². The van der Waals surface area contributed by atoms with Crippen LogP contribution in [0.3, 0.4) is 0 Å². The van der Waals surface area contributed by atoms with Crippen molar-refractivity contribution in [1.29, 1.82) is 0 Å². The van der Waals surface area contributed by atoms with Crippen molar-refractivity contribution in [2.45, 2.75) is 13.2 Å². The molecule has 6 nitrogen and oxygen atoms in total. The zero-order valence-corrected chi connectivity index (χ0v) is 14.1. The summed E-state index contributed by atoms with van der Waals surface area (Å²) in [6.45, 7) is 6.11. The second-order valence-electron chi connectivity index (χ2n) is 7.11. The van der Waals surface area contributed by atoms with Gasteiger partial charge in [0.15, 0.2) is 0 Å². The highest BCUT2D eigenvalue weighted by Gasteiger charge is 2.50. The molecule has 0 aliphatic carbocycles. The second-order valence-corrected chi connectivity index (χ2v) is 7.11. The van der Waals surface area contributed by atoms with E-state index in [1.807, 2.05) is 42.5 Å². The highest BCUT2D eigenvalue weighted by Crippen LogP contribution is 2.42. The van der Waals surface area contributed by atoms with E-state index in [9.17, 15) is 0 Å². The Labute approximate surface area is 142 Å². The van der Waals surface area contributed by atoms with Crippen LogP contribution in [-0.4, -0.2) is 52.6 Å². The SMILES string of the molecule is Cn1cc(CN2C[C@H]3COC[C@@]3(COCc3ccncc3)C2)cn1. The van der Waals surface area contributed by atoms with Gasteiger partial charge in [-0.05, 0) is 17.7 Å². The molecule has 0 spiro atoms. The molecule has 0 unspecified atom stereocenters. The Morgan fingerprint density at radius 1 is 1.33 bits per heavy atom. The Morgan fingerprint density at radius 2 is 2.21 bits per heavy atom. The number of aryl methyl sites for hydroxylation is 1. The van der Waals surface area contributed by atoms with Gasteiger partial charge in [-0.2, -0.15) is 5.10 Å². The minimum absolute atomic E-state index is 0.134. The largest absolute Gasteiger partial charge is 0.380 e. The van der Waals surface area contributed by atoms with Gasteiger partial charge >= 0.3 is 0 Å². The highest BCUT2D eigenvalue weighted by atomic mass is 16.5. The van der Waals surface area contributed by atoms with Crippen LogP contribution in [0, 0.1) is 11.3 Å². The predicted octanol–water partition coefficient (Wildman–Crippen LogP) is 1.48. The summed E-state index contributed by atoms with van der Waals surface area (Å²) in [5.74, 6) is 0.562. The molecule has 0 aromatic carbocycles. The van der Waals surface area contributed by atoms with E-state index in [1.54, 1.807) is 0 Å². The van der Waals surface area contributed by atoms with Crippen LogP contribution in [0.5, 0.6) is 0 Å². The molecular formula is C18H24N4O2. The monoisotopic (exact) mass is 328 g/mol. The Bertz CT molecular complexity index is 675. The van der Waals surface area contributed by atoms with Crippen molar-refractivity contribution in [2.24, 2.45) is 18.4 Å². The zero-order chi connectivity index (χ0) is 16.4. The molecule has 128 valence electrons. The Balaban J connectivity index is 1.36. The molecule has 4 heterocycles. The number of ether oxygens (including phenoxy) is 2. The molecule has 4 rings (SSSR count). The first-order valence-electron chi connectivity index (χ1n) is 8.48. The van der Waals surface area contributed by atoms with Crippen LogP contribution in [-0.2, 0) is 29.7 Å². The van der Waals surface area contributed by atoms with Gasteiger partial charge in [0.1, 0.15) is 0 Å². The molecule has 2 aromatic heterocycles. The first-order valence-corrected chi connectivity index (χ1v) is 8.48. The molecule has 24 heavy (non-hydrogen) atoms. The standard InChI is InChI=1S/C18H24N4O2/c1-21-7-16(6-20-21)8-22-9-17-11-24-14-18(17,12-22)13-23-10-15-2-4-19-5-3-15/h2-7,17H,8-14H2,1H3/t17-,18-/m0/s1. The lowest BCUT2D eigenvalue weighted by atomic mass is 9.82. The van der Waals surface area contributed by atoms with Crippen LogP contribution in [0.25, 0.3) is 0 Å². The molecule has 0 amide bonds. The molecule has 0 saturated carbocycles. The van der Waals surface area contributed by atoms with E-state index >= 15 is 0 Å². The van der Waals surface area contributed by atoms with Crippen molar-refractivity contribution in [1.82, 2.24) is 19.7 Å². The van der Waals surface area contributed by atoms with Crippen LogP contribution in [0.15, 0.2) is 36.9 Å². The molecule has 2 aromatic rings. The topological polar surface area (TPSA) is 52.4 Å². The second kappa shape index (κ2) is 6.63. The van der Waals surface area contributed by atoms with Gasteiger partial charge in [0.05, 0.1) is 32.6 Å². The molecule has 0 radical (unpaired) electrons. The number of fused-ring (bicyclic) bond motifs is 1. The molecule has 2 aliphatic rings. The molecular weight excluding hydrogens is 304 g/mol. The molecule has 2 aliphatic heterocycles. The number of rotatable bonds is 6. The fourth-order valence-electron chi connectivity index (χ4n) is 3.93. The summed E-state index contributed by atoms with van der Waals surface area (Å²) in [5.41, 5.74) is 2.57. The van der Waals surface area contributed by atoms with E-state index in [1.165, 1.54) is 11.1 Å². The Hall–Kier alpha value is -1.76. The van der Waals surface area contributed by atoms with Crippen molar-refractivity contribution < 1.29 is 9.47 Å². The summed E-state index contributed by atoms with van der Waals surface area (Å²) >= 11 is 0. The number of likely N-dealkylation sites (tertiary alicyclic amines) is 1. The van der Waals surface area contributed by atoms with E-state index in [-0.39, 0.29) is 5.41 Å². The summed E-state index contributed by atoms with van der Waals surface area (Å²) in [5, 5.41) is 4.27. The van der Waals surface area contributed by atoms with Gasteiger partial charge < -0.3 is 9.47 Å². The van der Waals surface area contributed by atoms with Crippen molar-refractivity contribution in [3.8, 4) is 0 Å². The highest BCUT2D eigenvalue weighted by molar-refractivity contribution is 5.09. The maximum Gasteiger partial charge on any atom is 0.0718 e. The van der Waals surface area contributed by atoms with Gasteiger partial charge in [0.2, 0.25) is 0 Å². The summed E-state index contributed by atoms with van der Waals surface area (Å²) in [6.07, 6.45) is 7.67. The Kier molecular flexibility index (Phi) is 4.35. The summed E-state index contributed by atoms with van der Waals surface area (Å²) < 4.78 is 13.7. The fourth-order valence-corrected chi connectivity index (χ4v) is 3.93. The van der Waals surface area contributed by atoms with Gasteiger partial charge in [-0.1, -0.05) is 0 Å². The van der Waals surface area contributed by atoms with E-state index < -0.39 is 0 Å². The average Bonchev–Trinajstić information content (AvgIpc) is 3.23. The molecule has 6 heteroatoms. The maximum atomic E-state index is 6.06. The zero-order valence-electron chi connectivity index (χ0n) is 14.1. The van der Waals surface area contributed by atoms with Crippen molar-refractivity contribution in [3.63, 3.8) is 0 Å². The fraction of sp³-hybridized carbons (Fsp3) is 0.556. The molecule has 0 N–H and O–H groups in total. The van der Waals surface area contributed by atoms with Crippen molar-refractivity contribution in [3.05, 3.63) is 48.0 Å². The van der Waals surface area contributed by atoms with Gasteiger partial charge in [-0.25, -0.2) is 0 Å². The quantitative estimate of drug-likeness (QED) is 0.804. The molecule has 2 atom stereocenters. The first-order chi connectivity index (χ1) is 11.7. The number of hydrogen-bond acceptors (Lipinski definition) is 5. The molecule has 2 fully saturated rings. The third-order valence-corrected chi connectivity index (χ3v) is 5.16. The predicted molar refractivity (Wildman–Crippen MR) is 89.1 cm³/mol. The molecule has 0 bridgehead atoms. The van der Waals surface area contributed by atoms with Crippen molar-refractivity contribution >= 4 is 0 Å². The van der Waals surface area contributed by atoms with Crippen LogP contribution in [0.4, 0.5) is 0 Å². The minimum Gasteiger partial charge on any atom is -0.380 e. The van der Waals surface area contributed by atoms with E-state index in [2.05, 4.69) is 21.2 Å². The number of pyridine rings is 1. The van der Waals surface area contributed by atoms with E-state index in [0.29, 0.717) is 12.5 Å². The normalized spacial score (nSPS) is 26.8. The summed E-state index contributed by atoms with van der Waals surface area (Å²) in [6, 6.07) is 4.01. The lowest BCUT2D eigenvalue weighted by Crippen LogP contribution is -2.35. The lowest BCUT2D eigenvalue weighted by Gasteiger charge is -2.27. The van der Waals surface area contributed by atoms with E-state index in [0.717, 1.165) is 39.5 Å². The third-order valence-electron chi connectivity index (χ3n) is 5.16. The molecule has 2 saturated heterocycles. The van der Waals surface area contributed by atoms with Crippen molar-refractivity contribution in [2.75, 3.05) is 32.9 Å². The van der Waals surface area contributed by atoms with Gasteiger partial charge in [-0.15, -0.1) is 0 Å². The third kappa shape index (κ3) is 3.22. The van der Waals surface area contributed by atoms with Crippen LogP contribution >= 0.6 is 0 Å². The maximum absolute atomic E-state index is 6.06. The van der Waals surface area contributed by atoms with Gasteiger partial charge in [-0.3, -0.25) is 14.6 Å². The lowest BCUT2D eigenvalue weighted by molar-refractivity contribution is 0.0182.